The number of aryl methyl sites for hydroxylation is 2. The number of rotatable bonds is 7. The van der Waals surface area contributed by atoms with E-state index in [0.29, 0.717) is 24.1 Å². The molecule has 1 aromatic carbocycles. The van der Waals surface area contributed by atoms with Crippen molar-refractivity contribution in [1.82, 2.24) is 29.7 Å². The molecule has 0 aliphatic rings. The van der Waals surface area contributed by atoms with Crippen LogP contribution in [0.3, 0.4) is 0 Å². The monoisotopic (exact) mass is 518 g/mol. The number of H-pyrrole nitrogens is 1. The van der Waals surface area contributed by atoms with Crippen LogP contribution >= 0.6 is 0 Å². The Morgan fingerprint density at radius 2 is 1.95 bits per heavy atom. The van der Waals surface area contributed by atoms with Crippen LogP contribution in [-0.4, -0.2) is 35.8 Å². The second-order valence-electron chi connectivity index (χ2n) is 8.53. The third kappa shape index (κ3) is 5.42. The normalized spacial score (nSPS) is 12.6. The summed E-state index contributed by atoms with van der Waals surface area (Å²) in [6.07, 6.45) is -0.405. The Morgan fingerprint density at radius 3 is 2.68 bits per heavy atom. The average molecular weight is 518 g/mol. The molecule has 4 rings (SSSR count). The summed E-state index contributed by atoms with van der Waals surface area (Å²) in [6.45, 7) is 3.54. The van der Waals surface area contributed by atoms with Crippen LogP contribution in [0.15, 0.2) is 40.4 Å². The minimum atomic E-state index is -4.85. The van der Waals surface area contributed by atoms with Crippen molar-refractivity contribution in [2.24, 2.45) is 0 Å². The molecule has 10 nitrogen and oxygen atoms in total. The van der Waals surface area contributed by atoms with E-state index in [-0.39, 0.29) is 29.0 Å². The number of benzene rings is 1. The molecule has 1 unspecified atom stereocenters. The zero-order valence-electron chi connectivity index (χ0n) is 19.7. The molecule has 194 valence electrons. The third-order valence-corrected chi connectivity index (χ3v) is 5.74. The number of nitrogens with two attached hydrogens (primary N) is 1. The fourth-order valence-electron chi connectivity index (χ4n) is 3.94. The number of fused-ring (bicyclic) bond motifs is 1. The largest absolute Gasteiger partial charge is 0.423 e. The predicted octanol–water partition coefficient (Wildman–Crippen LogP) is 3.27. The van der Waals surface area contributed by atoms with Gasteiger partial charge in [-0.1, -0.05) is 0 Å². The lowest BCUT2D eigenvalue weighted by molar-refractivity contribution is -0.138. The summed E-state index contributed by atoms with van der Waals surface area (Å²) in [4.78, 5) is 36.8. The molecule has 14 heteroatoms. The summed E-state index contributed by atoms with van der Waals surface area (Å²) in [5, 5.41) is 7.92. The van der Waals surface area contributed by atoms with E-state index in [2.05, 4.69) is 25.4 Å². The van der Waals surface area contributed by atoms with Gasteiger partial charge < -0.3 is 11.1 Å². The van der Waals surface area contributed by atoms with Gasteiger partial charge in [-0.05, 0) is 44.4 Å². The molecule has 0 spiro atoms. The molecule has 4 N–H and O–H groups in total. The summed E-state index contributed by atoms with van der Waals surface area (Å²) in [5.74, 6) is -0.688. The number of halogens is 4. The van der Waals surface area contributed by atoms with Gasteiger partial charge in [-0.3, -0.25) is 14.2 Å². The van der Waals surface area contributed by atoms with Crippen LogP contribution in [0, 0.1) is 12.7 Å². The van der Waals surface area contributed by atoms with Gasteiger partial charge in [-0.15, -0.1) is 0 Å². The standard InChI is InChI=1S/C23H22F4N8O2/c1-11-8-29-22(28)33-19(11)13-7-16-14(6-15(13)24)21(37)35(10-30-16)5-3-4-12(2)32-17-9-31-34-20(36)18(17)23(25,26)27/h6-10,12H,3-5H2,1-2H3,(H2,28,29,33)(H2,32,34,36). The van der Waals surface area contributed by atoms with E-state index in [9.17, 15) is 27.2 Å². The minimum absolute atomic E-state index is 0.0165. The van der Waals surface area contributed by atoms with Gasteiger partial charge in [-0.25, -0.2) is 24.4 Å². The smallest absolute Gasteiger partial charge is 0.381 e. The van der Waals surface area contributed by atoms with Crippen LogP contribution in [0.5, 0.6) is 0 Å². The molecule has 0 aliphatic carbocycles. The molecular weight excluding hydrogens is 496 g/mol. The maximum atomic E-state index is 14.9. The van der Waals surface area contributed by atoms with Gasteiger partial charge in [0.15, 0.2) is 0 Å². The van der Waals surface area contributed by atoms with Crippen molar-refractivity contribution >= 4 is 22.5 Å². The summed E-state index contributed by atoms with van der Waals surface area (Å²) in [6, 6.07) is 2.04. The number of hydrogen-bond donors (Lipinski definition) is 3. The molecule has 0 fully saturated rings. The zero-order chi connectivity index (χ0) is 26.9. The lowest BCUT2D eigenvalue weighted by atomic mass is 10.1. The van der Waals surface area contributed by atoms with Crippen LogP contribution in [-0.2, 0) is 12.7 Å². The van der Waals surface area contributed by atoms with Gasteiger partial charge in [0, 0.05) is 24.3 Å². The van der Waals surface area contributed by atoms with Gasteiger partial charge >= 0.3 is 6.18 Å². The van der Waals surface area contributed by atoms with Crippen LogP contribution in [0.25, 0.3) is 22.2 Å². The van der Waals surface area contributed by atoms with E-state index >= 15 is 0 Å². The molecule has 3 aromatic heterocycles. The highest BCUT2D eigenvalue weighted by molar-refractivity contribution is 5.83. The lowest BCUT2D eigenvalue weighted by Gasteiger charge is -2.18. The quantitative estimate of drug-likeness (QED) is 0.316. The van der Waals surface area contributed by atoms with Gasteiger partial charge in [-0.2, -0.15) is 18.3 Å². The van der Waals surface area contributed by atoms with Gasteiger partial charge in [0.2, 0.25) is 5.95 Å². The van der Waals surface area contributed by atoms with Crippen molar-refractivity contribution in [3.05, 3.63) is 68.5 Å². The minimum Gasteiger partial charge on any atom is -0.381 e. The van der Waals surface area contributed by atoms with E-state index in [1.165, 1.54) is 23.2 Å². The van der Waals surface area contributed by atoms with Crippen molar-refractivity contribution in [3.8, 4) is 11.3 Å². The summed E-state index contributed by atoms with van der Waals surface area (Å²) in [7, 11) is 0. The summed E-state index contributed by atoms with van der Waals surface area (Å²) < 4.78 is 55.9. The van der Waals surface area contributed by atoms with E-state index < -0.39 is 40.4 Å². The Kier molecular flexibility index (Phi) is 6.92. The third-order valence-electron chi connectivity index (χ3n) is 5.74. The molecular formula is C23H22F4N8O2. The second kappa shape index (κ2) is 9.95. The maximum Gasteiger partial charge on any atom is 0.423 e. The molecule has 1 atom stereocenters. The number of hydrogen-bond acceptors (Lipinski definition) is 8. The highest BCUT2D eigenvalue weighted by atomic mass is 19.4. The molecule has 0 bridgehead atoms. The average Bonchev–Trinajstić information content (AvgIpc) is 2.81. The van der Waals surface area contributed by atoms with E-state index in [1.54, 1.807) is 18.9 Å². The van der Waals surface area contributed by atoms with Gasteiger partial charge in [0.05, 0.1) is 34.8 Å². The fraction of sp³-hybridized carbons (Fsp3) is 0.304. The first-order valence-electron chi connectivity index (χ1n) is 11.1. The topological polar surface area (TPSA) is 144 Å². The Bertz CT molecular complexity index is 1580. The Balaban J connectivity index is 1.49. The molecule has 3 heterocycles. The van der Waals surface area contributed by atoms with Crippen molar-refractivity contribution in [1.29, 1.82) is 0 Å². The summed E-state index contributed by atoms with van der Waals surface area (Å²) >= 11 is 0. The summed E-state index contributed by atoms with van der Waals surface area (Å²) in [5.41, 5.74) is 3.34. The van der Waals surface area contributed by atoms with Crippen LogP contribution in [0.2, 0.25) is 0 Å². The predicted molar refractivity (Wildman–Crippen MR) is 128 cm³/mol. The van der Waals surface area contributed by atoms with Crippen molar-refractivity contribution < 1.29 is 17.6 Å². The molecule has 0 saturated heterocycles. The first-order chi connectivity index (χ1) is 17.5. The number of nitrogens with one attached hydrogen (secondary N) is 2. The Hall–Kier alpha value is -4.36. The van der Waals surface area contributed by atoms with E-state index in [0.717, 1.165) is 12.3 Å². The molecule has 0 saturated carbocycles. The maximum absolute atomic E-state index is 14.9. The van der Waals surface area contributed by atoms with Crippen molar-refractivity contribution in [2.75, 3.05) is 11.1 Å². The van der Waals surface area contributed by atoms with Gasteiger partial charge in [0.1, 0.15) is 11.4 Å². The Morgan fingerprint density at radius 1 is 1.19 bits per heavy atom. The van der Waals surface area contributed by atoms with Crippen LogP contribution < -0.4 is 22.2 Å². The molecule has 0 amide bonds. The number of aromatic nitrogens is 6. The highest BCUT2D eigenvalue weighted by Gasteiger charge is 2.37. The van der Waals surface area contributed by atoms with Gasteiger partial charge in [0.25, 0.3) is 11.1 Å². The first kappa shape index (κ1) is 25.7. The highest BCUT2D eigenvalue weighted by Crippen LogP contribution is 2.32. The number of nitrogens with zero attached hydrogens (tertiary/aromatic N) is 5. The second-order valence-corrected chi connectivity index (χ2v) is 8.53. The lowest BCUT2D eigenvalue weighted by Crippen LogP contribution is -2.27. The number of aromatic amines is 1. The zero-order valence-corrected chi connectivity index (χ0v) is 19.7. The van der Waals surface area contributed by atoms with Crippen LogP contribution in [0.4, 0.5) is 29.2 Å². The number of nitrogen functional groups attached to an aromatic ring is 1. The SMILES string of the molecule is Cc1cnc(N)nc1-c1cc2ncn(CCCC(C)Nc3cn[nH]c(=O)c3C(F)(F)F)c(=O)c2cc1F. The fourth-order valence-corrected chi connectivity index (χ4v) is 3.94. The molecule has 0 aliphatic heterocycles. The molecule has 4 aromatic rings. The van der Waals surface area contributed by atoms with Crippen LogP contribution in [0.1, 0.15) is 30.9 Å². The van der Waals surface area contributed by atoms with Crippen molar-refractivity contribution in [2.45, 2.75) is 45.5 Å². The Labute approximate surface area is 206 Å². The van der Waals surface area contributed by atoms with E-state index in [4.69, 9.17) is 5.73 Å². The number of anilines is 2. The van der Waals surface area contributed by atoms with Crippen molar-refractivity contribution in [3.63, 3.8) is 0 Å². The van der Waals surface area contributed by atoms with E-state index in [1.807, 2.05) is 0 Å². The molecule has 0 radical (unpaired) electrons. The number of alkyl halides is 3. The molecule has 37 heavy (non-hydrogen) atoms. The first-order valence-corrected chi connectivity index (χ1v) is 11.1.